The summed E-state index contributed by atoms with van der Waals surface area (Å²) in [6.45, 7) is 3.95. The van der Waals surface area contributed by atoms with Gasteiger partial charge in [0, 0.05) is 18.1 Å². The second-order valence-electron chi connectivity index (χ2n) is 3.48. The van der Waals surface area contributed by atoms with E-state index in [1.54, 1.807) is 13.0 Å². The SMILES string of the molecule is CCOC(C)C(=O)Cc1ccc(Cl)cc1F. The number of hydrogen-bond acceptors (Lipinski definition) is 2. The molecule has 1 atom stereocenters. The van der Waals surface area contributed by atoms with Crippen molar-refractivity contribution in [1.29, 1.82) is 0 Å². The van der Waals surface area contributed by atoms with Crippen molar-refractivity contribution >= 4 is 17.4 Å². The van der Waals surface area contributed by atoms with Crippen molar-refractivity contribution in [3.05, 3.63) is 34.6 Å². The van der Waals surface area contributed by atoms with Crippen molar-refractivity contribution < 1.29 is 13.9 Å². The topological polar surface area (TPSA) is 26.3 Å². The van der Waals surface area contributed by atoms with Gasteiger partial charge in [0.25, 0.3) is 0 Å². The van der Waals surface area contributed by atoms with Crippen LogP contribution in [0, 0.1) is 5.82 Å². The van der Waals surface area contributed by atoms with Crippen LogP contribution in [-0.2, 0) is 16.0 Å². The zero-order valence-electron chi connectivity index (χ0n) is 9.30. The number of hydrogen-bond donors (Lipinski definition) is 0. The summed E-state index contributed by atoms with van der Waals surface area (Å²) in [6, 6.07) is 4.29. The Balaban J connectivity index is 2.69. The Bertz CT molecular complexity index is 379. The van der Waals surface area contributed by atoms with Crippen LogP contribution < -0.4 is 0 Å². The van der Waals surface area contributed by atoms with Crippen LogP contribution in [0.4, 0.5) is 4.39 Å². The molecule has 0 N–H and O–H groups in total. The van der Waals surface area contributed by atoms with Crippen LogP contribution >= 0.6 is 11.6 Å². The Kier molecular flexibility index (Phi) is 4.90. The number of Topliss-reactive ketones (excluding diaryl/α,β-unsaturated/α-hetero) is 1. The van der Waals surface area contributed by atoms with E-state index in [2.05, 4.69) is 0 Å². The van der Waals surface area contributed by atoms with Gasteiger partial charge in [0.2, 0.25) is 0 Å². The van der Waals surface area contributed by atoms with Gasteiger partial charge in [0.05, 0.1) is 0 Å². The number of halogens is 2. The number of benzene rings is 1. The molecule has 0 spiro atoms. The first-order chi connectivity index (χ1) is 7.54. The van der Waals surface area contributed by atoms with Crippen molar-refractivity contribution in [2.24, 2.45) is 0 Å². The molecule has 0 fully saturated rings. The first-order valence-electron chi connectivity index (χ1n) is 5.12. The van der Waals surface area contributed by atoms with E-state index in [0.717, 1.165) is 0 Å². The number of ketones is 1. The molecule has 0 aliphatic carbocycles. The highest BCUT2D eigenvalue weighted by atomic mass is 35.5. The average Bonchev–Trinajstić information content (AvgIpc) is 2.22. The Labute approximate surface area is 99.4 Å². The fourth-order valence-corrected chi connectivity index (χ4v) is 1.50. The molecule has 2 nitrogen and oxygen atoms in total. The molecule has 1 rings (SSSR count). The van der Waals surface area contributed by atoms with Gasteiger partial charge in [-0.3, -0.25) is 4.79 Å². The zero-order valence-corrected chi connectivity index (χ0v) is 10.1. The lowest BCUT2D eigenvalue weighted by molar-refractivity contribution is -0.128. The summed E-state index contributed by atoms with van der Waals surface area (Å²) in [5.41, 5.74) is 0.348. The fraction of sp³-hybridized carbons (Fsp3) is 0.417. The van der Waals surface area contributed by atoms with Crippen LogP contribution in [0.1, 0.15) is 19.4 Å². The smallest absolute Gasteiger partial charge is 0.165 e. The molecule has 0 saturated heterocycles. The first kappa shape index (κ1) is 13.1. The standard InChI is InChI=1S/C12H14ClFO2/c1-3-16-8(2)12(15)6-9-4-5-10(13)7-11(9)14/h4-5,7-8H,3,6H2,1-2H3. The maximum atomic E-state index is 13.4. The summed E-state index contributed by atoms with van der Waals surface area (Å²) in [7, 11) is 0. The Morgan fingerprint density at radius 3 is 2.81 bits per heavy atom. The number of carbonyl (C=O) groups excluding carboxylic acids is 1. The Morgan fingerprint density at radius 2 is 2.25 bits per heavy atom. The van der Waals surface area contributed by atoms with E-state index < -0.39 is 11.9 Å². The van der Waals surface area contributed by atoms with Crippen LogP contribution in [0.2, 0.25) is 5.02 Å². The zero-order chi connectivity index (χ0) is 12.1. The Hall–Kier alpha value is -0.930. The average molecular weight is 245 g/mol. The molecule has 88 valence electrons. The number of rotatable bonds is 5. The lowest BCUT2D eigenvalue weighted by atomic mass is 10.1. The molecule has 0 amide bonds. The summed E-state index contributed by atoms with van der Waals surface area (Å²) in [5, 5.41) is 0.326. The van der Waals surface area contributed by atoms with Crippen LogP contribution in [0.5, 0.6) is 0 Å². The second kappa shape index (κ2) is 5.97. The molecule has 16 heavy (non-hydrogen) atoms. The van der Waals surface area contributed by atoms with Gasteiger partial charge in [-0.1, -0.05) is 17.7 Å². The van der Waals surface area contributed by atoms with Crippen LogP contribution in [-0.4, -0.2) is 18.5 Å². The highest BCUT2D eigenvalue weighted by Crippen LogP contribution is 2.15. The molecule has 1 aromatic carbocycles. The molecule has 1 aromatic rings. The summed E-state index contributed by atoms with van der Waals surface area (Å²) >= 11 is 5.62. The molecular weight excluding hydrogens is 231 g/mol. The molecule has 1 unspecified atom stereocenters. The van der Waals surface area contributed by atoms with E-state index in [9.17, 15) is 9.18 Å². The molecule has 0 heterocycles. The highest BCUT2D eigenvalue weighted by molar-refractivity contribution is 6.30. The van der Waals surface area contributed by atoms with Crippen molar-refractivity contribution in [3.63, 3.8) is 0 Å². The van der Waals surface area contributed by atoms with Crippen LogP contribution in [0.3, 0.4) is 0 Å². The van der Waals surface area contributed by atoms with Gasteiger partial charge in [-0.15, -0.1) is 0 Å². The third-order valence-electron chi connectivity index (χ3n) is 2.25. The highest BCUT2D eigenvalue weighted by Gasteiger charge is 2.15. The minimum atomic E-state index is -0.500. The second-order valence-corrected chi connectivity index (χ2v) is 3.91. The van der Waals surface area contributed by atoms with E-state index in [-0.39, 0.29) is 12.2 Å². The summed E-state index contributed by atoms with van der Waals surface area (Å²) < 4.78 is 18.5. The molecular formula is C12H14ClFO2. The van der Waals surface area contributed by atoms with E-state index in [1.165, 1.54) is 12.1 Å². The van der Waals surface area contributed by atoms with E-state index in [1.807, 2.05) is 6.92 Å². The van der Waals surface area contributed by atoms with E-state index in [0.29, 0.717) is 17.2 Å². The van der Waals surface area contributed by atoms with Gasteiger partial charge in [-0.25, -0.2) is 4.39 Å². The normalized spacial score (nSPS) is 12.5. The molecule has 0 aliphatic rings. The molecule has 4 heteroatoms. The van der Waals surface area contributed by atoms with Gasteiger partial charge in [-0.2, -0.15) is 0 Å². The third kappa shape index (κ3) is 3.58. The summed E-state index contributed by atoms with van der Waals surface area (Å²) in [4.78, 5) is 11.6. The molecule has 0 aliphatic heterocycles. The van der Waals surface area contributed by atoms with Gasteiger partial charge in [0.15, 0.2) is 5.78 Å². The van der Waals surface area contributed by atoms with E-state index >= 15 is 0 Å². The van der Waals surface area contributed by atoms with Gasteiger partial charge >= 0.3 is 0 Å². The molecule has 0 bridgehead atoms. The summed E-state index contributed by atoms with van der Waals surface area (Å²) in [5.74, 6) is -0.590. The summed E-state index contributed by atoms with van der Waals surface area (Å²) in [6.07, 6.45) is -0.468. The lowest BCUT2D eigenvalue weighted by Crippen LogP contribution is -2.22. The predicted octanol–water partition coefficient (Wildman–Crippen LogP) is 3.02. The lowest BCUT2D eigenvalue weighted by Gasteiger charge is -2.10. The van der Waals surface area contributed by atoms with Gasteiger partial charge < -0.3 is 4.74 Å². The Morgan fingerprint density at radius 1 is 1.56 bits per heavy atom. The van der Waals surface area contributed by atoms with Crippen LogP contribution in [0.15, 0.2) is 18.2 Å². The van der Waals surface area contributed by atoms with E-state index in [4.69, 9.17) is 16.3 Å². The molecule has 0 radical (unpaired) electrons. The largest absolute Gasteiger partial charge is 0.371 e. The van der Waals surface area contributed by atoms with Gasteiger partial charge in [0.1, 0.15) is 11.9 Å². The first-order valence-corrected chi connectivity index (χ1v) is 5.50. The van der Waals surface area contributed by atoms with Crippen LogP contribution in [0.25, 0.3) is 0 Å². The quantitative estimate of drug-likeness (QED) is 0.796. The number of carbonyl (C=O) groups is 1. The van der Waals surface area contributed by atoms with Crippen molar-refractivity contribution in [3.8, 4) is 0 Å². The van der Waals surface area contributed by atoms with Crippen molar-refractivity contribution in [1.82, 2.24) is 0 Å². The molecule has 0 aromatic heterocycles. The van der Waals surface area contributed by atoms with Crippen molar-refractivity contribution in [2.45, 2.75) is 26.4 Å². The minimum Gasteiger partial charge on any atom is -0.371 e. The maximum Gasteiger partial charge on any atom is 0.165 e. The number of ether oxygens (including phenoxy) is 1. The van der Waals surface area contributed by atoms with Crippen molar-refractivity contribution in [2.75, 3.05) is 6.61 Å². The minimum absolute atomic E-state index is 0.0319. The molecule has 0 saturated carbocycles. The van der Waals surface area contributed by atoms with Gasteiger partial charge in [-0.05, 0) is 31.5 Å². The maximum absolute atomic E-state index is 13.4. The third-order valence-corrected chi connectivity index (χ3v) is 2.48. The monoisotopic (exact) mass is 244 g/mol. The fourth-order valence-electron chi connectivity index (χ4n) is 1.34. The predicted molar refractivity (Wildman–Crippen MR) is 61.2 cm³/mol.